The fourth-order valence-electron chi connectivity index (χ4n) is 2.81. The van der Waals surface area contributed by atoms with Gasteiger partial charge in [-0.25, -0.2) is 0 Å². The Morgan fingerprint density at radius 3 is 2.86 bits per heavy atom. The van der Waals surface area contributed by atoms with Crippen molar-refractivity contribution in [3.05, 3.63) is 42.4 Å². The van der Waals surface area contributed by atoms with Gasteiger partial charge in [0.05, 0.1) is 24.7 Å². The molecule has 1 N–H and O–H groups in total. The lowest BCUT2D eigenvalue weighted by Gasteiger charge is -2.10. The first-order valence-corrected chi connectivity index (χ1v) is 10.1. The molecule has 1 aromatic carbocycles. The summed E-state index contributed by atoms with van der Waals surface area (Å²) in [4.78, 5) is 12.4. The number of nitrogens with one attached hydrogen (secondary N) is 1. The third kappa shape index (κ3) is 5.39. The number of nitrogens with zero attached hydrogens (tertiary/aromatic N) is 3. The first-order valence-electron chi connectivity index (χ1n) is 9.15. The lowest BCUT2D eigenvalue weighted by molar-refractivity contribution is -0.113. The second-order valence-electron chi connectivity index (χ2n) is 6.26. The maximum Gasteiger partial charge on any atom is 0.234 e. The fourth-order valence-corrected chi connectivity index (χ4v) is 3.57. The van der Waals surface area contributed by atoms with E-state index >= 15 is 0 Å². The number of thioether (sulfide) groups is 1. The van der Waals surface area contributed by atoms with Gasteiger partial charge < -0.3 is 23.8 Å². The van der Waals surface area contributed by atoms with Crippen molar-refractivity contribution >= 4 is 23.4 Å². The number of aromatic nitrogens is 3. The van der Waals surface area contributed by atoms with Gasteiger partial charge in [0.2, 0.25) is 5.91 Å². The highest BCUT2D eigenvalue weighted by molar-refractivity contribution is 7.99. The van der Waals surface area contributed by atoms with Crippen LogP contribution in [0.1, 0.15) is 12.2 Å². The highest BCUT2D eigenvalue weighted by Gasteiger charge is 2.18. The topological polar surface area (TPSA) is 91.4 Å². The maximum absolute atomic E-state index is 12.4. The molecule has 0 saturated carbocycles. The molecule has 0 aliphatic heterocycles. The van der Waals surface area contributed by atoms with Crippen molar-refractivity contribution in [2.45, 2.75) is 25.0 Å². The van der Waals surface area contributed by atoms with E-state index in [1.54, 1.807) is 26.5 Å². The molecule has 0 unspecified atom stereocenters. The lowest BCUT2D eigenvalue weighted by atomic mass is 10.2. The van der Waals surface area contributed by atoms with Crippen molar-refractivity contribution in [3.8, 4) is 17.1 Å². The van der Waals surface area contributed by atoms with Crippen molar-refractivity contribution in [1.29, 1.82) is 0 Å². The van der Waals surface area contributed by atoms with Gasteiger partial charge in [-0.05, 0) is 31.5 Å². The fraction of sp³-hybridized carbons (Fsp3) is 0.350. The van der Waals surface area contributed by atoms with E-state index in [0.29, 0.717) is 29.7 Å². The molecular weight excluding hydrogens is 392 g/mol. The van der Waals surface area contributed by atoms with Crippen molar-refractivity contribution in [2.24, 2.45) is 0 Å². The highest BCUT2D eigenvalue weighted by Crippen LogP contribution is 2.27. The third-order valence-corrected chi connectivity index (χ3v) is 5.20. The molecular formula is C20H24N4O4S. The average Bonchev–Trinajstić information content (AvgIpc) is 3.32. The smallest absolute Gasteiger partial charge is 0.234 e. The standard InChI is InChI=1S/C20H24N4O4S/c1-14-17(8-11-28-14)19-22-23-20(24(19)9-5-10-26-2)29-13-18(25)21-15-6-4-7-16(12-15)27-3/h4,6-8,11-12H,5,9-10,13H2,1-3H3,(H,21,25). The minimum atomic E-state index is -0.129. The van der Waals surface area contributed by atoms with Crippen LogP contribution in [0.4, 0.5) is 5.69 Å². The van der Waals surface area contributed by atoms with Gasteiger partial charge in [-0.3, -0.25) is 4.79 Å². The third-order valence-electron chi connectivity index (χ3n) is 4.23. The average molecular weight is 417 g/mol. The number of ether oxygens (including phenoxy) is 2. The maximum atomic E-state index is 12.4. The molecule has 0 aliphatic carbocycles. The van der Waals surface area contributed by atoms with Crippen LogP contribution in [0.2, 0.25) is 0 Å². The van der Waals surface area contributed by atoms with E-state index in [1.165, 1.54) is 11.8 Å². The zero-order valence-electron chi connectivity index (χ0n) is 16.7. The predicted octanol–water partition coefficient (Wildman–Crippen LogP) is 3.62. The number of amides is 1. The Bertz CT molecular complexity index is 954. The predicted molar refractivity (Wildman–Crippen MR) is 111 cm³/mol. The summed E-state index contributed by atoms with van der Waals surface area (Å²) in [5.74, 6) is 2.27. The summed E-state index contributed by atoms with van der Waals surface area (Å²) >= 11 is 1.34. The van der Waals surface area contributed by atoms with Crippen LogP contribution in [-0.2, 0) is 16.1 Å². The van der Waals surface area contributed by atoms with E-state index < -0.39 is 0 Å². The van der Waals surface area contributed by atoms with Crippen molar-refractivity contribution < 1.29 is 18.7 Å². The van der Waals surface area contributed by atoms with Crippen LogP contribution in [0.25, 0.3) is 11.4 Å². The summed E-state index contributed by atoms with van der Waals surface area (Å²) in [7, 11) is 3.26. The number of hydrogen-bond acceptors (Lipinski definition) is 7. The number of aryl methyl sites for hydroxylation is 1. The number of rotatable bonds is 10. The van der Waals surface area contributed by atoms with Crippen LogP contribution in [0.3, 0.4) is 0 Å². The van der Waals surface area contributed by atoms with E-state index in [1.807, 2.05) is 35.8 Å². The summed E-state index contributed by atoms with van der Waals surface area (Å²) < 4.78 is 17.7. The van der Waals surface area contributed by atoms with Gasteiger partial charge in [-0.2, -0.15) is 0 Å². The van der Waals surface area contributed by atoms with Gasteiger partial charge in [0.15, 0.2) is 11.0 Å². The molecule has 0 spiro atoms. The number of furan rings is 1. The first-order chi connectivity index (χ1) is 14.1. The molecule has 0 saturated heterocycles. The molecule has 2 aromatic heterocycles. The monoisotopic (exact) mass is 416 g/mol. The zero-order chi connectivity index (χ0) is 20.6. The molecule has 9 heteroatoms. The Hall–Kier alpha value is -2.78. The highest BCUT2D eigenvalue weighted by atomic mass is 32.2. The Morgan fingerprint density at radius 1 is 1.28 bits per heavy atom. The Morgan fingerprint density at radius 2 is 2.14 bits per heavy atom. The van der Waals surface area contributed by atoms with Gasteiger partial charge in [-0.1, -0.05) is 17.8 Å². The van der Waals surface area contributed by atoms with E-state index in [9.17, 15) is 4.79 Å². The number of carbonyl (C=O) groups is 1. The molecule has 0 atom stereocenters. The quantitative estimate of drug-likeness (QED) is 0.399. The van der Waals surface area contributed by atoms with Crippen molar-refractivity contribution in [1.82, 2.24) is 14.8 Å². The van der Waals surface area contributed by atoms with Crippen LogP contribution in [0.5, 0.6) is 5.75 Å². The van der Waals surface area contributed by atoms with Gasteiger partial charge in [-0.15, -0.1) is 10.2 Å². The molecule has 0 aliphatic rings. The molecule has 3 rings (SSSR count). The van der Waals surface area contributed by atoms with Crippen molar-refractivity contribution in [2.75, 3.05) is 31.9 Å². The second-order valence-corrected chi connectivity index (χ2v) is 7.21. The van der Waals surface area contributed by atoms with Crippen LogP contribution >= 0.6 is 11.8 Å². The summed E-state index contributed by atoms with van der Waals surface area (Å²) in [5.41, 5.74) is 1.58. The van der Waals surface area contributed by atoms with Gasteiger partial charge in [0.25, 0.3) is 0 Å². The second kappa shape index (κ2) is 10.1. The van der Waals surface area contributed by atoms with Crippen LogP contribution in [0.15, 0.2) is 46.2 Å². The van der Waals surface area contributed by atoms with E-state index in [4.69, 9.17) is 13.9 Å². The van der Waals surface area contributed by atoms with E-state index in [0.717, 1.165) is 23.6 Å². The number of benzene rings is 1. The summed E-state index contributed by atoms with van der Waals surface area (Å²) in [5, 5.41) is 12.2. The van der Waals surface area contributed by atoms with E-state index in [2.05, 4.69) is 15.5 Å². The van der Waals surface area contributed by atoms with Crippen LogP contribution < -0.4 is 10.1 Å². The molecule has 154 valence electrons. The zero-order valence-corrected chi connectivity index (χ0v) is 17.5. The Kier molecular flexibility index (Phi) is 7.31. The molecule has 3 aromatic rings. The molecule has 8 nitrogen and oxygen atoms in total. The molecule has 1 amide bonds. The number of hydrogen-bond donors (Lipinski definition) is 1. The summed E-state index contributed by atoms with van der Waals surface area (Å²) in [6.45, 7) is 3.20. The van der Waals surface area contributed by atoms with E-state index in [-0.39, 0.29) is 11.7 Å². The first kappa shape index (κ1) is 20.9. The normalized spacial score (nSPS) is 10.9. The van der Waals surface area contributed by atoms with Crippen molar-refractivity contribution in [3.63, 3.8) is 0 Å². The largest absolute Gasteiger partial charge is 0.497 e. The molecule has 0 fully saturated rings. The molecule has 0 radical (unpaired) electrons. The number of methoxy groups -OCH3 is 2. The van der Waals surface area contributed by atoms with Gasteiger partial charge >= 0.3 is 0 Å². The Labute approximate surface area is 173 Å². The molecule has 29 heavy (non-hydrogen) atoms. The van der Waals surface area contributed by atoms with Gasteiger partial charge in [0.1, 0.15) is 11.5 Å². The minimum absolute atomic E-state index is 0.129. The number of anilines is 1. The van der Waals surface area contributed by atoms with Crippen LogP contribution in [-0.4, -0.2) is 47.3 Å². The Balaban J connectivity index is 1.70. The molecule has 2 heterocycles. The van der Waals surface area contributed by atoms with Gasteiger partial charge in [0, 0.05) is 32.0 Å². The summed E-state index contributed by atoms with van der Waals surface area (Å²) in [6, 6.07) is 9.11. The lowest BCUT2D eigenvalue weighted by Crippen LogP contribution is -2.15. The molecule has 0 bridgehead atoms. The SMILES string of the molecule is COCCCn1c(SCC(=O)Nc2cccc(OC)c2)nnc1-c1ccoc1C. The number of carbonyl (C=O) groups excluding carboxylic acids is 1. The van der Waals surface area contributed by atoms with Crippen LogP contribution in [0, 0.1) is 6.92 Å². The summed E-state index contributed by atoms with van der Waals surface area (Å²) in [6.07, 6.45) is 2.44. The minimum Gasteiger partial charge on any atom is -0.497 e.